The van der Waals surface area contributed by atoms with Gasteiger partial charge in [-0.1, -0.05) is 35.9 Å². The Morgan fingerprint density at radius 3 is 2.86 bits per heavy atom. The number of aromatic nitrogens is 1. The topological polar surface area (TPSA) is 71.2 Å². The van der Waals surface area contributed by atoms with E-state index in [1.165, 1.54) is 0 Å². The highest BCUT2D eigenvalue weighted by Crippen LogP contribution is 2.29. The molecule has 6 heteroatoms. The maximum absolute atomic E-state index is 12.8. The van der Waals surface area contributed by atoms with Gasteiger partial charge >= 0.3 is 0 Å². The van der Waals surface area contributed by atoms with Crippen LogP contribution in [0.15, 0.2) is 42.5 Å². The van der Waals surface area contributed by atoms with Crippen molar-refractivity contribution in [2.24, 2.45) is 0 Å². The second-order valence-electron chi connectivity index (χ2n) is 5.19. The summed E-state index contributed by atoms with van der Waals surface area (Å²) in [5, 5.41) is 3.97. The molecule has 1 aliphatic heterocycles. The number of benzene rings is 1. The first kappa shape index (κ1) is 14.8. The quantitative estimate of drug-likeness (QED) is 0.890. The summed E-state index contributed by atoms with van der Waals surface area (Å²) in [6.45, 7) is 2.01. The largest absolute Gasteiger partial charge is 0.384 e. The Balaban J connectivity index is 1.93. The van der Waals surface area contributed by atoms with E-state index in [2.05, 4.69) is 10.3 Å². The molecule has 1 aromatic heterocycles. The summed E-state index contributed by atoms with van der Waals surface area (Å²) >= 11 is 6.30. The highest BCUT2D eigenvalue weighted by atomic mass is 35.5. The zero-order valence-electron chi connectivity index (χ0n) is 12.0. The number of halogens is 1. The van der Waals surface area contributed by atoms with E-state index in [9.17, 15) is 4.79 Å². The summed E-state index contributed by atoms with van der Waals surface area (Å²) in [6.07, 6.45) is 0. The van der Waals surface area contributed by atoms with E-state index >= 15 is 0 Å². The highest BCUT2D eigenvalue weighted by molar-refractivity contribution is 6.31. The van der Waals surface area contributed by atoms with Crippen molar-refractivity contribution in [2.75, 3.05) is 25.4 Å². The minimum atomic E-state index is -0.126. The molecule has 22 heavy (non-hydrogen) atoms. The summed E-state index contributed by atoms with van der Waals surface area (Å²) in [6, 6.07) is 12.6. The van der Waals surface area contributed by atoms with E-state index in [-0.39, 0.29) is 11.9 Å². The number of pyridine rings is 1. The van der Waals surface area contributed by atoms with Crippen molar-refractivity contribution in [3.05, 3.63) is 58.7 Å². The second-order valence-corrected chi connectivity index (χ2v) is 5.59. The number of nitrogens with two attached hydrogens (primary N) is 1. The van der Waals surface area contributed by atoms with Crippen LogP contribution < -0.4 is 11.1 Å². The molecule has 3 rings (SSSR count). The van der Waals surface area contributed by atoms with Crippen LogP contribution in [0.1, 0.15) is 22.1 Å². The van der Waals surface area contributed by atoms with Crippen LogP contribution in [0.5, 0.6) is 0 Å². The van der Waals surface area contributed by atoms with Crippen LogP contribution in [0, 0.1) is 0 Å². The number of amides is 1. The normalized spacial score (nSPS) is 18.2. The van der Waals surface area contributed by atoms with Crippen LogP contribution in [0.2, 0.25) is 5.02 Å². The number of nitrogen functional groups attached to an aromatic ring is 1. The van der Waals surface area contributed by atoms with E-state index in [1.807, 2.05) is 24.3 Å². The zero-order chi connectivity index (χ0) is 15.5. The standard InChI is InChI=1S/C16H17ClN4O/c17-12-5-2-1-4-11(12)14-10-19-8-9-21(14)16(22)13-6-3-7-15(18)20-13/h1-7,14,19H,8-10H2,(H2,18,20). The third-order valence-corrected chi connectivity index (χ3v) is 4.10. The van der Waals surface area contributed by atoms with E-state index in [0.29, 0.717) is 29.6 Å². The van der Waals surface area contributed by atoms with Gasteiger partial charge in [0, 0.05) is 24.7 Å². The lowest BCUT2D eigenvalue weighted by Gasteiger charge is -2.36. The Kier molecular flexibility index (Phi) is 4.27. The number of anilines is 1. The Morgan fingerprint density at radius 2 is 2.09 bits per heavy atom. The lowest BCUT2D eigenvalue weighted by Crippen LogP contribution is -2.49. The number of rotatable bonds is 2. The van der Waals surface area contributed by atoms with Crippen molar-refractivity contribution in [2.45, 2.75) is 6.04 Å². The van der Waals surface area contributed by atoms with Crippen molar-refractivity contribution in [1.29, 1.82) is 0 Å². The summed E-state index contributed by atoms with van der Waals surface area (Å²) < 4.78 is 0. The van der Waals surface area contributed by atoms with Gasteiger partial charge < -0.3 is 16.0 Å². The van der Waals surface area contributed by atoms with Crippen molar-refractivity contribution in [3.63, 3.8) is 0 Å². The lowest BCUT2D eigenvalue weighted by atomic mass is 10.0. The van der Waals surface area contributed by atoms with Crippen LogP contribution in [-0.4, -0.2) is 35.4 Å². The van der Waals surface area contributed by atoms with Crippen molar-refractivity contribution >= 4 is 23.3 Å². The zero-order valence-corrected chi connectivity index (χ0v) is 12.8. The van der Waals surface area contributed by atoms with Gasteiger partial charge in [0.15, 0.2) is 0 Å². The molecule has 0 spiro atoms. The first-order valence-corrected chi connectivity index (χ1v) is 7.53. The van der Waals surface area contributed by atoms with Crippen LogP contribution >= 0.6 is 11.6 Å². The van der Waals surface area contributed by atoms with E-state index in [0.717, 1.165) is 12.1 Å². The van der Waals surface area contributed by atoms with Gasteiger partial charge in [-0.15, -0.1) is 0 Å². The number of nitrogens with zero attached hydrogens (tertiary/aromatic N) is 2. The van der Waals surface area contributed by atoms with E-state index in [4.69, 9.17) is 17.3 Å². The predicted molar refractivity (Wildman–Crippen MR) is 86.7 cm³/mol. The molecule has 1 fully saturated rings. The third kappa shape index (κ3) is 2.91. The molecule has 1 aromatic carbocycles. The Labute approximate surface area is 134 Å². The van der Waals surface area contributed by atoms with Crippen LogP contribution in [0.25, 0.3) is 0 Å². The van der Waals surface area contributed by atoms with Crippen molar-refractivity contribution in [3.8, 4) is 0 Å². The molecule has 1 saturated heterocycles. The molecule has 2 aromatic rings. The molecular weight excluding hydrogens is 300 g/mol. The lowest BCUT2D eigenvalue weighted by molar-refractivity contribution is 0.0628. The average Bonchev–Trinajstić information content (AvgIpc) is 2.55. The number of hydrogen-bond acceptors (Lipinski definition) is 4. The molecule has 1 atom stereocenters. The molecule has 2 heterocycles. The van der Waals surface area contributed by atoms with Crippen LogP contribution in [0.3, 0.4) is 0 Å². The second kappa shape index (κ2) is 6.34. The minimum Gasteiger partial charge on any atom is -0.384 e. The fourth-order valence-corrected chi connectivity index (χ4v) is 2.95. The molecule has 114 valence electrons. The Morgan fingerprint density at radius 1 is 1.27 bits per heavy atom. The smallest absolute Gasteiger partial charge is 0.273 e. The van der Waals surface area contributed by atoms with Crippen molar-refractivity contribution < 1.29 is 4.79 Å². The monoisotopic (exact) mass is 316 g/mol. The van der Waals surface area contributed by atoms with Gasteiger partial charge in [-0.3, -0.25) is 4.79 Å². The first-order chi connectivity index (χ1) is 10.7. The molecular formula is C16H17ClN4O. The number of carbonyl (C=O) groups is 1. The SMILES string of the molecule is Nc1cccc(C(=O)N2CCNCC2c2ccccc2Cl)n1. The van der Waals surface area contributed by atoms with Crippen LogP contribution in [0.4, 0.5) is 5.82 Å². The van der Waals surface area contributed by atoms with Gasteiger partial charge in [0.25, 0.3) is 5.91 Å². The van der Waals surface area contributed by atoms with Gasteiger partial charge in [0.2, 0.25) is 0 Å². The number of hydrogen-bond donors (Lipinski definition) is 2. The summed E-state index contributed by atoms with van der Waals surface area (Å²) in [5.74, 6) is 0.217. The molecule has 1 unspecified atom stereocenters. The number of piperazine rings is 1. The van der Waals surface area contributed by atoms with Gasteiger partial charge in [-0.25, -0.2) is 4.98 Å². The van der Waals surface area contributed by atoms with Gasteiger partial charge in [0.1, 0.15) is 11.5 Å². The maximum atomic E-state index is 12.8. The maximum Gasteiger partial charge on any atom is 0.273 e. The fourth-order valence-electron chi connectivity index (χ4n) is 2.69. The Hall–Kier alpha value is -2.11. The highest BCUT2D eigenvalue weighted by Gasteiger charge is 2.30. The average molecular weight is 317 g/mol. The minimum absolute atomic E-state index is 0.113. The third-order valence-electron chi connectivity index (χ3n) is 3.76. The number of carbonyl (C=O) groups excluding carboxylic acids is 1. The van der Waals surface area contributed by atoms with E-state index < -0.39 is 0 Å². The number of nitrogens with one attached hydrogen (secondary N) is 1. The van der Waals surface area contributed by atoms with Gasteiger partial charge in [-0.2, -0.15) is 0 Å². The molecule has 3 N–H and O–H groups in total. The van der Waals surface area contributed by atoms with Crippen molar-refractivity contribution in [1.82, 2.24) is 15.2 Å². The molecule has 0 aliphatic carbocycles. The molecule has 0 saturated carbocycles. The molecule has 1 amide bonds. The van der Waals surface area contributed by atoms with Crippen LogP contribution in [-0.2, 0) is 0 Å². The predicted octanol–water partition coefficient (Wildman–Crippen LogP) is 2.10. The molecule has 1 aliphatic rings. The molecule has 0 bridgehead atoms. The molecule has 5 nitrogen and oxygen atoms in total. The first-order valence-electron chi connectivity index (χ1n) is 7.15. The van der Waals surface area contributed by atoms with Gasteiger partial charge in [0.05, 0.1) is 6.04 Å². The Bertz CT molecular complexity index is 691. The van der Waals surface area contributed by atoms with E-state index in [1.54, 1.807) is 23.1 Å². The van der Waals surface area contributed by atoms with Gasteiger partial charge in [-0.05, 0) is 23.8 Å². The summed E-state index contributed by atoms with van der Waals surface area (Å²) in [7, 11) is 0. The molecule has 0 radical (unpaired) electrons. The summed E-state index contributed by atoms with van der Waals surface area (Å²) in [5.41, 5.74) is 6.98. The summed E-state index contributed by atoms with van der Waals surface area (Å²) in [4.78, 5) is 18.7. The fraction of sp³-hybridized carbons (Fsp3) is 0.250.